The van der Waals surface area contributed by atoms with Gasteiger partial charge in [-0.2, -0.15) is 0 Å². The molecule has 1 amide bonds. The second-order valence-corrected chi connectivity index (χ2v) is 8.26. The predicted molar refractivity (Wildman–Crippen MR) is 90.5 cm³/mol. The highest BCUT2D eigenvalue weighted by molar-refractivity contribution is 6.11. The number of ether oxygens (including phenoxy) is 1. The topological polar surface area (TPSA) is 41.9 Å². The molecule has 6 atom stereocenters. The van der Waals surface area contributed by atoms with Crippen LogP contribution in [0, 0.1) is 17.3 Å². The second-order valence-electron chi connectivity index (χ2n) is 8.26. The Balaban J connectivity index is 1.73. The first-order valence-corrected chi connectivity index (χ1v) is 9.22. The van der Waals surface area contributed by atoms with E-state index in [1.54, 1.807) is 0 Å². The van der Waals surface area contributed by atoms with Gasteiger partial charge in [0, 0.05) is 19.0 Å². The molecule has 0 unspecified atom stereocenters. The van der Waals surface area contributed by atoms with Gasteiger partial charge in [-0.15, -0.1) is 0 Å². The van der Waals surface area contributed by atoms with Crippen LogP contribution >= 0.6 is 0 Å². The highest BCUT2D eigenvalue weighted by atomic mass is 16.5. The molecule has 4 heterocycles. The van der Waals surface area contributed by atoms with Gasteiger partial charge in [0.2, 0.25) is 5.91 Å². The van der Waals surface area contributed by atoms with Gasteiger partial charge in [-0.25, -0.2) is 0 Å². The van der Waals surface area contributed by atoms with E-state index >= 15 is 0 Å². The molecule has 1 spiro atoms. The fourth-order valence-electron chi connectivity index (χ4n) is 7.19. The van der Waals surface area contributed by atoms with Crippen LogP contribution in [0.15, 0.2) is 29.3 Å². The molecule has 7 rings (SSSR count). The summed E-state index contributed by atoms with van der Waals surface area (Å²) in [5.74, 6) is 1.28. The van der Waals surface area contributed by atoms with Gasteiger partial charge in [0.05, 0.1) is 34.9 Å². The number of carbonyl (C=O) groups is 1. The first kappa shape index (κ1) is 13.6. The molecule has 124 valence electrons. The molecule has 5 fully saturated rings. The molecule has 1 aromatic rings. The van der Waals surface area contributed by atoms with Crippen LogP contribution in [0.1, 0.15) is 31.7 Å². The number of carbonyl (C=O) groups excluding carboxylic acids is 1. The maximum Gasteiger partial charge on any atom is 0.230 e. The van der Waals surface area contributed by atoms with E-state index in [-0.39, 0.29) is 23.0 Å². The Bertz CT molecular complexity index is 818. The zero-order valence-electron chi connectivity index (χ0n) is 14.2. The van der Waals surface area contributed by atoms with E-state index < -0.39 is 0 Å². The van der Waals surface area contributed by atoms with E-state index in [9.17, 15) is 4.79 Å². The molecule has 4 heteroatoms. The third-order valence-corrected chi connectivity index (χ3v) is 7.98. The monoisotopic (exact) mass is 322 g/mol. The minimum absolute atomic E-state index is 0.107. The van der Waals surface area contributed by atoms with Crippen molar-refractivity contribution in [3.63, 3.8) is 0 Å². The molecule has 4 nitrogen and oxygen atoms in total. The third-order valence-electron chi connectivity index (χ3n) is 7.98. The van der Waals surface area contributed by atoms with E-state index in [0.717, 1.165) is 37.3 Å². The van der Waals surface area contributed by atoms with Gasteiger partial charge >= 0.3 is 0 Å². The Morgan fingerprint density at radius 3 is 3.04 bits per heavy atom. The number of benzene rings is 1. The molecular formula is C20H22N2O2. The Labute approximate surface area is 141 Å². The summed E-state index contributed by atoms with van der Waals surface area (Å²) in [6.45, 7) is 3.00. The fraction of sp³-hybridized carbons (Fsp3) is 0.600. The molecule has 3 saturated heterocycles. The van der Waals surface area contributed by atoms with Crippen molar-refractivity contribution in [1.29, 1.82) is 0 Å². The zero-order valence-corrected chi connectivity index (χ0v) is 14.2. The molecule has 0 radical (unpaired) electrons. The van der Waals surface area contributed by atoms with Crippen molar-refractivity contribution in [3.05, 3.63) is 29.8 Å². The van der Waals surface area contributed by atoms with E-state index in [2.05, 4.69) is 31.2 Å². The lowest BCUT2D eigenvalue weighted by molar-refractivity contribution is -0.214. The van der Waals surface area contributed by atoms with Crippen LogP contribution in [0.4, 0.5) is 5.69 Å². The summed E-state index contributed by atoms with van der Waals surface area (Å²) in [4.78, 5) is 20.7. The van der Waals surface area contributed by atoms with Crippen molar-refractivity contribution in [2.24, 2.45) is 22.2 Å². The summed E-state index contributed by atoms with van der Waals surface area (Å²) in [5, 5.41) is 0. The lowest BCUT2D eigenvalue weighted by Crippen LogP contribution is -2.81. The number of nitrogens with zero attached hydrogens (tertiary/aromatic N) is 2. The Hall–Kier alpha value is -1.68. The Morgan fingerprint density at radius 1 is 1.38 bits per heavy atom. The number of piperidine rings is 2. The van der Waals surface area contributed by atoms with Crippen LogP contribution in [-0.4, -0.2) is 42.3 Å². The highest BCUT2D eigenvalue weighted by Crippen LogP contribution is 2.71. The van der Waals surface area contributed by atoms with Gasteiger partial charge in [0.1, 0.15) is 0 Å². The molecule has 5 bridgehead atoms. The maximum absolute atomic E-state index is 13.6. The van der Waals surface area contributed by atoms with Crippen molar-refractivity contribution in [1.82, 2.24) is 4.90 Å². The van der Waals surface area contributed by atoms with Gasteiger partial charge < -0.3 is 9.64 Å². The van der Waals surface area contributed by atoms with Crippen molar-refractivity contribution in [2.45, 2.75) is 43.7 Å². The summed E-state index contributed by atoms with van der Waals surface area (Å²) in [6, 6.07) is 8.77. The van der Waals surface area contributed by atoms with Crippen LogP contribution in [-0.2, 0) is 14.9 Å². The lowest BCUT2D eigenvalue weighted by atomic mass is 9.37. The number of fused-ring (bicyclic) bond motifs is 4. The minimum Gasteiger partial charge on any atom is -0.372 e. The number of hydrogen-bond donors (Lipinski definition) is 0. The fourth-order valence-corrected chi connectivity index (χ4v) is 7.19. The molecule has 2 aliphatic carbocycles. The Morgan fingerprint density at radius 2 is 2.21 bits per heavy atom. The maximum atomic E-state index is 13.6. The number of aliphatic imine (C=N–C) groups is 1. The van der Waals surface area contributed by atoms with E-state index in [1.165, 1.54) is 5.56 Å². The van der Waals surface area contributed by atoms with Gasteiger partial charge in [0.15, 0.2) is 0 Å². The van der Waals surface area contributed by atoms with Crippen molar-refractivity contribution < 1.29 is 9.53 Å². The minimum atomic E-state index is -0.327. The van der Waals surface area contributed by atoms with Gasteiger partial charge in [-0.05, 0) is 36.8 Å². The lowest BCUT2D eigenvalue weighted by Gasteiger charge is -2.71. The Kier molecular flexibility index (Phi) is 2.23. The number of hydrogen-bond acceptors (Lipinski definition) is 3. The van der Waals surface area contributed by atoms with Gasteiger partial charge in [-0.1, -0.05) is 25.1 Å². The predicted octanol–water partition coefficient (Wildman–Crippen LogP) is 2.69. The summed E-state index contributed by atoms with van der Waals surface area (Å²) < 4.78 is 6.28. The summed E-state index contributed by atoms with van der Waals surface area (Å²) in [5.41, 5.74) is 2.96. The van der Waals surface area contributed by atoms with Crippen LogP contribution in [0.5, 0.6) is 0 Å². The third kappa shape index (κ3) is 1.09. The quantitative estimate of drug-likeness (QED) is 0.798. The van der Waals surface area contributed by atoms with Crippen LogP contribution in [0.25, 0.3) is 0 Å². The number of para-hydroxylation sites is 1. The van der Waals surface area contributed by atoms with Crippen LogP contribution in [0.3, 0.4) is 0 Å². The molecule has 1 aromatic carbocycles. The molecule has 4 aliphatic heterocycles. The van der Waals surface area contributed by atoms with Crippen molar-refractivity contribution in [3.8, 4) is 0 Å². The first-order chi connectivity index (χ1) is 11.6. The molecule has 0 aromatic heterocycles. The SMILES string of the molecule is CC[C@@]12C(=O)N(C)[C@H]3C[C@]14C(=Nc1ccccc14)[C@H]1C[C@@H]2[C@@H]3CO1. The van der Waals surface area contributed by atoms with Crippen LogP contribution in [0.2, 0.25) is 0 Å². The van der Waals surface area contributed by atoms with Crippen molar-refractivity contribution >= 4 is 17.3 Å². The number of rotatable bonds is 1. The van der Waals surface area contributed by atoms with Gasteiger partial charge in [-0.3, -0.25) is 9.79 Å². The smallest absolute Gasteiger partial charge is 0.230 e. The molecule has 2 saturated carbocycles. The molecular weight excluding hydrogens is 300 g/mol. The zero-order chi connectivity index (χ0) is 16.3. The largest absolute Gasteiger partial charge is 0.372 e. The number of amides is 1. The van der Waals surface area contributed by atoms with Crippen molar-refractivity contribution in [2.75, 3.05) is 13.7 Å². The summed E-state index contributed by atoms with van der Waals surface area (Å²) in [6.07, 6.45) is 3.00. The summed E-state index contributed by atoms with van der Waals surface area (Å²) >= 11 is 0. The van der Waals surface area contributed by atoms with E-state index in [1.807, 2.05) is 11.9 Å². The average molecular weight is 322 g/mol. The standard InChI is InChI=1S/C20H22N2O2/c1-3-19-13-8-16-17-20(19,12-6-4-5-7-14(12)21-17)9-15(11(13)10-24-16)22(2)18(19)23/h4-7,11,13,15-16H,3,8-10H2,1-2H3/t11-,13+,15-,16+,19+,20-/m0/s1. The van der Waals surface area contributed by atoms with E-state index in [0.29, 0.717) is 17.7 Å². The van der Waals surface area contributed by atoms with Gasteiger partial charge in [0.25, 0.3) is 0 Å². The van der Waals surface area contributed by atoms with Crippen LogP contribution < -0.4 is 0 Å². The average Bonchev–Trinajstić information content (AvgIpc) is 2.93. The molecule has 6 aliphatic rings. The molecule has 0 N–H and O–H groups in total. The first-order valence-electron chi connectivity index (χ1n) is 9.22. The normalized spacial score (nSPS) is 46.8. The second kappa shape index (κ2) is 3.93. The molecule has 24 heavy (non-hydrogen) atoms. The summed E-state index contributed by atoms with van der Waals surface area (Å²) in [7, 11) is 2.01. The highest BCUT2D eigenvalue weighted by Gasteiger charge is 2.78. The van der Waals surface area contributed by atoms with E-state index in [4.69, 9.17) is 9.73 Å².